The van der Waals surface area contributed by atoms with Crippen LogP contribution >= 0.6 is 0 Å². The van der Waals surface area contributed by atoms with E-state index in [1.165, 1.54) is 0 Å². The molecule has 1 N–H and O–H groups in total. The van der Waals surface area contributed by atoms with Crippen LogP contribution in [-0.2, 0) is 0 Å². The number of benzene rings is 3. The predicted molar refractivity (Wildman–Crippen MR) is 116 cm³/mol. The van der Waals surface area contributed by atoms with Crippen molar-refractivity contribution in [2.45, 2.75) is 0 Å². The fourth-order valence-electron chi connectivity index (χ4n) is 3.29. The third kappa shape index (κ3) is 3.54. The normalized spacial score (nSPS) is 10.8. The Labute approximate surface area is 172 Å². The molecule has 5 aromatic rings. The van der Waals surface area contributed by atoms with Crippen molar-refractivity contribution in [3.63, 3.8) is 0 Å². The van der Waals surface area contributed by atoms with E-state index < -0.39 is 0 Å². The Morgan fingerprint density at radius 3 is 2.37 bits per heavy atom. The van der Waals surface area contributed by atoms with E-state index in [1.807, 2.05) is 91.0 Å². The molecule has 0 aliphatic heterocycles. The van der Waals surface area contributed by atoms with Crippen molar-refractivity contribution in [2.75, 3.05) is 5.32 Å². The lowest BCUT2D eigenvalue weighted by Crippen LogP contribution is -2.11. The van der Waals surface area contributed by atoms with Crippen LogP contribution in [0.1, 0.15) is 10.4 Å². The molecule has 0 saturated carbocycles. The first-order chi connectivity index (χ1) is 14.8. The predicted octanol–water partition coefficient (Wildman–Crippen LogP) is 4.71. The van der Waals surface area contributed by atoms with Gasteiger partial charge in [0.2, 0.25) is 0 Å². The van der Waals surface area contributed by atoms with Gasteiger partial charge in [-0.2, -0.15) is 9.61 Å². The first-order valence-electron chi connectivity index (χ1n) is 9.51. The summed E-state index contributed by atoms with van der Waals surface area (Å²) in [6.07, 6.45) is 1.56. The first-order valence-corrected chi connectivity index (χ1v) is 9.51. The third-order valence-electron chi connectivity index (χ3n) is 4.83. The summed E-state index contributed by atoms with van der Waals surface area (Å²) in [5, 5.41) is 15.3. The molecule has 0 unspecified atom stereocenters. The van der Waals surface area contributed by atoms with Crippen molar-refractivity contribution in [2.24, 2.45) is 0 Å². The highest BCUT2D eigenvalue weighted by atomic mass is 16.1. The van der Waals surface area contributed by atoms with Gasteiger partial charge in [-0.05, 0) is 47.5 Å². The molecule has 6 heteroatoms. The maximum Gasteiger partial charge on any atom is 0.255 e. The lowest BCUT2D eigenvalue weighted by molar-refractivity contribution is 0.102. The standard InChI is InChI=1S/C24H17N5O/c30-24(19-11-9-18(10-12-19)17-5-2-1-3-6-17)26-21-8-4-7-20(15-21)22-13-14-23-27-25-16-29(23)28-22/h1-16H,(H,26,30). The minimum atomic E-state index is -0.158. The Balaban J connectivity index is 1.35. The molecule has 0 saturated heterocycles. The Bertz CT molecular complexity index is 1330. The van der Waals surface area contributed by atoms with Gasteiger partial charge in [0.05, 0.1) is 5.69 Å². The SMILES string of the molecule is O=C(Nc1cccc(-c2ccc3nncn3n2)c1)c1ccc(-c2ccccc2)cc1. The summed E-state index contributed by atoms with van der Waals surface area (Å²) >= 11 is 0. The van der Waals surface area contributed by atoms with Crippen molar-refractivity contribution in [1.29, 1.82) is 0 Å². The van der Waals surface area contributed by atoms with E-state index in [9.17, 15) is 4.79 Å². The average Bonchev–Trinajstić information content (AvgIpc) is 3.28. The van der Waals surface area contributed by atoms with Gasteiger partial charge in [0.15, 0.2) is 5.65 Å². The number of carbonyl (C=O) groups excluding carboxylic acids is 1. The van der Waals surface area contributed by atoms with Crippen LogP contribution in [0.5, 0.6) is 0 Å². The van der Waals surface area contributed by atoms with Crippen LogP contribution in [0.2, 0.25) is 0 Å². The fraction of sp³-hybridized carbons (Fsp3) is 0. The van der Waals surface area contributed by atoms with E-state index in [0.29, 0.717) is 16.9 Å². The van der Waals surface area contributed by atoms with Crippen molar-refractivity contribution in [3.05, 3.63) is 103 Å². The highest BCUT2D eigenvalue weighted by Gasteiger charge is 2.09. The maximum absolute atomic E-state index is 12.7. The van der Waals surface area contributed by atoms with Crippen LogP contribution in [0.3, 0.4) is 0 Å². The quantitative estimate of drug-likeness (QED) is 0.482. The lowest BCUT2D eigenvalue weighted by Gasteiger charge is -2.08. The molecule has 0 atom stereocenters. The summed E-state index contributed by atoms with van der Waals surface area (Å²) in [4.78, 5) is 12.7. The summed E-state index contributed by atoms with van der Waals surface area (Å²) < 4.78 is 1.62. The van der Waals surface area contributed by atoms with Crippen LogP contribution in [0.15, 0.2) is 97.3 Å². The summed E-state index contributed by atoms with van der Waals surface area (Å²) in [6.45, 7) is 0. The van der Waals surface area contributed by atoms with Gasteiger partial charge in [0.1, 0.15) is 6.33 Å². The molecular formula is C24H17N5O. The van der Waals surface area contributed by atoms with Crippen LogP contribution in [0.4, 0.5) is 5.69 Å². The number of fused-ring (bicyclic) bond motifs is 1. The molecule has 0 aliphatic carbocycles. The van der Waals surface area contributed by atoms with E-state index in [2.05, 4.69) is 20.6 Å². The summed E-state index contributed by atoms with van der Waals surface area (Å²) in [6, 6.07) is 29.0. The monoisotopic (exact) mass is 391 g/mol. The molecule has 2 aromatic heterocycles. The number of nitrogens with one attached hydrogen (secondary N) is 1. The van der Waals surface area contributed by atoms with Crippen LogP contribution in [0, 0.1) is 0 Å². The third-order valence-corrected chi connectivity index (χ3v) is 4.83. The summed E-state index contributed by atoms with van der Waals surface area (Å²) in [5.41, 5.74) is 5.84. The van der Waals surface area contributed by atoms with E-state index in [-0.39, 0.29) is 5.91 Å². The Morgan fingerprint density at radius 2 is 1.53 bits per heavy atom. The van der Waals surface area contributed by atoms with E-state index in [0.717, 1.165) is 22.4 Å². The maximum atomic E-state index is 12.7. The fourth-order valence-corrected chi connectivity index (χ4v) is 3.29. The van der Waals surface area contributed by atoms with E-state index in [4.69, 9.17) is 0 Å². The molecular weight excluding hydrogens is 374 g/mol. The molecule has 3 aromatic carbocycles. The van der Waals surface area contributed by atoms with Crippen molar-refractivity contribution < 1.29 is 4.79 Å². The molecule has 1 amide bonds. The molecule has 0 fully saturated rings. The van der Waals surface area contributed by atoms with Gasteiger partial charge in [0, 0.05) is 16.8 Å². The smallest absolute Gasteiger partial charge is 0.255 e. The molecule has 0 spiro atoms. The van der Waals surface area contributed by atoms with Gasteiger partial charge in [-0.3, -0.25) is 4.79 Å². The van der Waals surface area contributed by atoms with Gasteiger partial charge >= 0.3 is 0 Å². The topological polar surface area (TPSA) is 72.2 Å². The number of amides is 1. The van der Waals surface area contributed by atoms with Gasteiger partial charge in [-0.25, -0.2) is 0 Å². The first kappa shape index (κ1) is 17.8. The van der Waals surface area contributed by atoms with E-state index >= 15 is 0 Å². The van der Waals surface area contributed by atoms with E-state index in [1.54, 1.807) is 10.8 Å². The van der Waals surface area contributed by atoms with Crippen molar-refractivity contribution >= 4 is 17.2 Å². The minimum absolute atomic E-state index is 0.158. The largest absolute Gasteiger partial charge is 0.322 e. The molecule has 0 bridgehead atoms. The number of rotatable bonds is 4. The lowest BCUT2D eigenvalue weighted by atomic mass is 10.0. The summed E-state index contributed by atoms with van der Waals surface area (Å²) in [5.74, 6) is -0.158. The Kier molecular flexibility index (Phi) is 4.50. The second kappa shape index (κ2) is 7.60. The summed E-state index contributed by atoms with van der Waals surface area (Å²) in [7, 11) is 0. The zero-order valence-electron chi connectivity index (χ0n) is 15.9. The second-order valence-electron chi connectivity index (χ2n) is 6.83. The van der Waals surface area contributed by atoms with Gasteiger partial charge < -0.3 is 5.32 Å². The number of carbonyl (C=O) groups is 1. The molecule has 30 heavy (non-hydrogen) atoms. The molecule has 2 heterocycles. The molecule has 0 radical (unpaired) electrons. The number of nitrogens with zero attached hydrogens (tertiary/aromatic N) is 4. The second-order valence-corrected chi connectivity index (χ2v) is 6.83. The Morgan fingerprint density at radius 1 is 0.767 bits per heavy atom. The van der Waals surface area contributed by atoms with Crippen LogP contribution in [0.25, 0.3) is 28.0 Å². The zero-order valence-corrected chi connectivity index (χ0v) is 15.9. The molecule has 144 valence electrons. The molecule has 5 rings (SSSR count). The zero-order chi connectivity index (χ0) is 20.3. The minimum Gasteiger partial charge on any atom is -0.322 e. The van der Waals surface area contributed by atoms with Crippen molar-refractivity contribution in [1.82, 2.24) is 19.8 Å². The number of aromatic nitrogens is 4. The van der Waals surface area contributed by atoms with Crippen LogP contribution in [-0.4, -0.2) is 25.7 Å². The number of hydrogen-bond acceptors (Lipinski definition) is 4. The van der Waals surface area contributed by atoms with Gasteiger partial charge in [0.25, 0.3) is 5.91 Å². The Hall–Kier alpha value is -4.32. The number of hydrogen-bond donors (Lipinski definition) is 1. The highest BCUT2D eigenvalue weighted by Crippen LogP contribution is 2.23. The average molecular weight is 391 g/mol. The molecule has 0 aliphatic rings. The van der Waals surface area contributed by atoms with Crippen LogP contribution < -0.4 is 5.32 Å². The van der Waals surface area contributed by atoms with Crippen molar-refractivity contribution in [3.8, 4) is 22.4 Å². The number of anilines is 1. The van der Waals surface area contributed by atoms with Gasteiger partial charge in [-0.15, -0.1) is 10.2 Å². The highest BCUT2D eigenvalue weighted by molar-refractivity contribution is 6.04. The molecule has 6 nitrogen and oxygen atoms in total. The van der Waals surface area contributed by atoms with Gasteiger partial charge in [-0.1, -0.05) is 54.6 Å².